The first-order chi connectivity index (χ1) is 9.47. The second kappa shape index (κ2) is 6.81. The molecule has 0 saturated heterocycles. The van der Waals surface area contributed by atoms with E-state index in [-0.39, 0.29) is 0 Å². The molecule has 2 rings (SSSR count). The maximum absolute atomic E-state index is 6.08. The van der Waals surface area contributed by atoms with E-state index in [2.05, 4.69) is 26.5 Å². The Bertz CT molecular complexity index is 648. The molecule has 0 unspecified atom stereocenters. The molecule has 0 aliphatic carbocycles. The molecule has 0 amide bonds. The van der Waals surface area contributed by atoms with E-state index in [0.717, 1.165) is 15.7 Å². The zero-order valence-corrected chi connectivity index (χ0v) is 14.3. The molecule has 2 nitrogen and oxygen atoms in total. The number of hydrogen-bond donors (Lipinski definition) is 1. The number of halogens is 4. The summed E-state index contributed by atoms with van der Waals surface area (Å²) in [5, 5.41) is 5.62. The van der Waals surface area contributed by atoms with Crippen LogP contribution in [0.25, 0.3) is 0 Å². The van der Waals surface area contributed by atoms with E-state index >= 15 is 0 Å². The predicted molar refractivity (Wildman–Crippen MR) is 91.4 cm³/mol. The summed E-state index contributed by atoms with van der Waals surface area (Å²) in [6, 6.07) is 11.1. The summed E-state index contributed by atoms with van der Waals surface area (Å²) < 4.78 is 0.993. The fraction of sp³-hybridized carbons (Fsp3) is 0.0714. The number of hydrazone groups is 1. The SMILES string of the molecule is C/C(=N/Nc1c(Cl)cc(Cl)cc1Cl)c1cccc(Br)c1. The topological polar surface area (TPSA) is 24.4 Å². The highest BCUT2D eigenvalue weighted by atomic mass is 79.9. The van der Waals surface area contributed by atoms with Crippen LogP contribution >= 0.6 is 50.7 Å². The molecule has 0 aromatic heterocycles. The third kappa shape index (κ3) is 3.89. The summed E-state index contributed by atoms with van der Waals surface area (Å²) in [5.41, 5.74) is 5.22. The predicted octanol–water partition coefficient (Wildman–Crippen LogP) is 6.25. The highest BCUT2D eigenvalue weighted by Crippen LogP contribution is 2.33. The zero-order chi connectivity index (χ0) is 14.7. The Labute approximate surface area is 140 Å². The third-order valence-corrected chi connectivity index (χ3v) is 3.89. The van der Waals surface area contributed by atoms with Crippen molar-refractivity contribution in [2.75, 3.05) is 5.43 Å². The molecule has 0 atom stereocenters. The molecule has 0 heterocycles. The average Bonchev–Trinajstić information content (AvgIpc) is 2.37. The first-order valence-corrected chi connectivity index (χ1v) is 7.61. The summed E-state index contributed by atoms with van der Waals surface area (Å²) in [5.74, 6) is 0. The maximum atomic E-state index is 6.08. The molecular weight excluding hydrogens is 382 g/mol. The van der Waals surface area contributed by atoms with Crippen LogP contribution in [0.15, 0.2) is 46.0 Å². The number of nitrogens with zero attached hydrogens (tertiary/aromatic N) is 1. The van der Waals surface area contributed by atoms with Crippen LogP contribution in [0.2, 0.25) is 15.1 Å². The van der Waals surface area contributed by atoms with E-state index in [1.165, 1.54) is 0 Å². The van der Waals surface area contributed by atoms with Gasteiger partial charge in [0.2, 0.25) is 0 Å². The number of nitrogens with one attached hydrogen (secondary N) is 1. The summed E-state index contributed by atoms with van der Waals surface area (Å²) in [4.78, 5) is 0. The Morgan fingerprint density at radius 2 is 1.75 bits per heavy atom. The Kier molecular flexibility index (Phi) is 5.33. The van der Waals surface area contributed by atoms with Crippen molar-refractivity contribution in [3.05, 3.63) is 61.5 Å². The van der Waals surface area contributed by atoms with Crippen molar-refractivity contribution < 1.29 is 0 Å². The van der Waals surface area contributed by atoms with Gasteiger partial charge in [0, 0.05) is 9.50 Å². The molecule has 104 valence electrons. The summed E-state index contributed by atoms with van der Waals surface area (Å²) >= 11 is 21.4. The van der Waals surface area contributed by atoms with E-state index in [4.69, 9.17) is 34.8 Å². The number of anilines is 1. The number of rotatable bonds is 3. The lowest BCUT2D eigenvalue weighted by Crippen LogP contribution is -2.00. The van der Waals surface area contributed by atoms with Crippen LogP contribution in [0.1, 0.15) is 12.5 Å². The van der Waals surface area contributed by atoms with E-state index in [0.29, 0.717) is 20.8 Å². The van der Waals surface area contributed by atoms with Crippen molar-refractivity contribution in [2.24, 2.45) is 5.10 Å². The molecule has 1 N–H and O–H groups in total. The van der Waals surface area contributed by atoms with Gasteiger partial charge < -0.3 is 0 Å². The van der Waals surface area contributed by atoms with Gasteiger partial charge in [0.25, 0.3) is 0 Å². The molecule has 0 spiro atoms. The van der Waals surface area contributed by atoms with Crippen LogP contribution in [0.5, 0.6) is 0 Å². The fourth-order valence-corrected chi connectivity index (χ4v) is 2.87. The van der Waals surface area contributed by atoms with Gasteiger partial charge in [-0.2, -0.15) is 5.10 Å². The molecule has 0 aliphatic rings. The molecule has 0 saturated carbocycles. The van der Waals surface area contributed by atoms with Gasteiger partial charge in [0.05, 0.1) is 21.4 Å². The quantitative estimate of drug-likeness (QED) is 0.485. The zero-order valence-electron chi connectivity index (χ0n) is 10.4. The monoisotopic (exact) mass is 390 g/mol. The van der Waals surface area contributed by atoms with Crippen molar-refractivity contribution in [3.63, 3.8) is 0 Å². The minimum atomic E-state index is 0.424. The second-order valence-electron chi connectivity index (χ2n) is 4.06. The average molecular weight is 393 g/mol. The first kappa shape index (κ1) is 15.6. The van der Waals surface area contributed by atoms with Gasteiger partial charge in [-0.05, 0) is 36.8 Å². The molecule has 6 heteroatoms. The van der Waals surface area contributed by atoms with Crippen molar-refractivity contribution in [1.82, 2.24) is 0 Å². The van der Waals surface area contributed by atoms with Crippen LogP contribution in [-0.4, -0.2) is 5.71 Å². The Morgan fingerprint density at radius 3 is 2.35 bits per heavy atom. The highest BCUT2D eigenvalue weighted by Gasteiger charge is 2.07. The summed E-state index contributed by atoms with van der Waals surface area (Å²) in [7, 11) is 0. The molecule has 20 heavy (non-hydrogen) atoms. The highest BCUT2D eigenvalue weighted by molar-refractivity contribution is 9.10. The third-order valence-electron chi connectivity index (χ3n) is 2.58. The normalized spacial score (nSPS) is 11.6. The Morgan fingerprint density at radius 1 is 1.10 bits per heavy atom. The van der Waals surface area contributed by atoms with Crippen LogP contribution in [-0.2, 0) is 0 Å². The van der Waals surface area contributed by atoms with E-state index in [1.54, 1.807) is 12.1 Å². The van der Waals surface area contributed by atoms with Crippen LogP contribution in [0.4, 0.5) is 5.69 Å². The van der Waals surface area contributed by atoms with Crippen molar-refractivity contribution >= 4 is 62.1 Å². The van der Waals surface area contributed by atoms with Crippen LogP contribution in [0, 0.1) is 0 Å². The Hall–Kier alpha value is -0.740. The van der Waals surface area contributed by atoms with Crippen molar-refractivity contribution in [3.8, 4) is 0 Å². The number of hydrogen-bond acceptors (Lipinski definition) is 2. The molecule has 0 fully saturated rings. The lowest BCUT2D eigenvalue weighted by atomic mass is 10.1. The van der Waals surface area contributed by atoms with Gasteiger partial charge >= 0.3 is 0 Å². The van der Waals surface area contributed by atoms with Gasteiger partial charge in [0.15, 0.2) is 0 Å². The molecule has 0 radical (unpaired) electrons. The minimum absolute atomic E-state index is 0.424. The van der Waals surface area contributed by atoms with Gasteiger partial charge in [-0.3, -0.25) is 5.43 Å². The van der Waals surface area contributed by atoms with E-state index < -0.39 is 0 Å². The smallest absolute Gasteiger partial charge is 0.0935 e. The summed E-state index contributed by atoms with van der Waals surface area (Å²) in [6.45, 7) is 1.90. The van der Waals surface area contributed by atoms with Gasteiger partial charge in [0.1, 0.15) is 0 Å². The Balaban J connectivity index is 2.25. The fourth-order valence-electron chi connectivity index (χ4n) is 1.57. The standard InChI is InChI=1S/C14H10BrCl3N2/c1-8(9-3-2-4-10(15)5-9)19-20-14-12(17)6-11(16)7-13(14)18/h2-7,20H,1H3/b19-8-. The lowest BCUT2D eigenvalue weighted by molar-refractivity contribution is 1.32. The summed E-state index contributed by atoms with van der Waals surface area (Å²) in [6.07, 6.45) is 0. The number of benzene rings is 2. The van der Waals surface area contributed by atoms with Crippen LogP contribution in [0.3, 0.4) is 0 Å². The maximum Gasteiger partial charge on any atom is 0.0935 e. The van der Waals surface area contributed by atoms with Crippen LogP contribution < -0.4 is 5.43 Å². The second-order valence-corrected chi connectivity index (χ2v) is 6.23. The van der Waals surface area contributed by atoms with E-state index in [1.807, 2.05) is 31.2 Å². The van der Waals surface area contributed by atoms with Crippen molar-refractivity contribution in [1.29, 1.82) is 0 Å². The molecule has 0 aliphatic heterocycles. The molecule has 0 bridgehead atoms. The molecule has 2 aromatic carbocycles. The van der Waals surface area contributed by atoms with Crippen molar-refractivity contribution in [2.45, 2.75) is 6.92 Å². The molecular formula is C14H10BrCl3N2. The first-order valence-electron chi connectivity index (χ1n) is 5.68. The van der Waals surface area contributed by atoms with Gasteiger partial charge in [-0.25, -0.2) is 0 Å². The van der Waals surface area contributed by atoms with Gasteiger partial charge in [-0.1, -0.05) is 62.9 Å². The lowest BCUT2D eigenvalue weighted by Gasteiger charge is -2.08. The minimum Gasteiger partial charge on any atom is -0.275 e. The van der Waals surface area contributed by atoms with Gasteiger partial charge in [-0.15, -0.1) is 0 Å². The van der Waals surface area contributed by atoms with E-state index in [9.17, 15) is 0 Å². The largest absolute Gasteiger partial charge is 0.275 e. The molecule has 2 aromatic rings.